The summed E-state index contributed by atoms with van der Waals surface area (Å²) in [6.07, 6.45) is 3.83. The summed E-state index contributed by atoms with van der Waals surface area (Å²) in [7, 11) is 0. The molecule has 0 bridgehead atoms. The molecule has 190 valence electrons. The summed E-state index contributed by atoms with van der Waals surface area (Å²) in [5.41, 5.74) is 6.48. The van der Waals surface area contributed by atoms with Gasteiger partial charge < -0.3 is 4.74 Å². The van der Waals surface area contributed by atoms with Crippen LogP contribution in [0.15, 0.2) is 132 Å². The first-order valence-electron chi connectivity index (χ1n) is 12.7. The average Bonchev–Trinajstić information content (AvgIpc) is 3.54. The molecule has 0 fully saturated rings. The summed E-state index contributed by atoms with van der Waals surface area (Å²) < 4.78 is 7.81. The lowest BCUT2D eigenvalue weighted by Gasteiger charge is -2.11. The van der Waals surface area contributed by atoms with Gasteiger partial charge >= 0.3 is 0 Å². The molecule has 6 rings (SSSR count). The maximum atomic E-state index is 13.4. The van der Waals surface area contributed by atoms with Crippen LogP contribution in [0.25, 0.3) is 23.0 Å². The largest absolute Gasteiger partial charge is 0.489 e. The average molecular weight is 511 g/mol. The van der Waals surface area contributed by atoms with E-state index in [2.05, 4.69) is 5.10 Å². The standard InChI is InChI=1S/C33H26N4O2/c1-24-31(33(38)37(34-24)29-15-9-4-10-16-29)21-27-22-36(28-13-7-3-8-14-28)35-32(27)26-17-19-30(20-18-26)39-23-25-11-5-2-6-12-25/h2-22H,23H2,1H3/b31-21+. The Hall–Kier alpha value is -5.23. The third-order valence-electron chi connectivity index (χ3n) is 6.50. The SMILES string of the molecule is CC1=NN(c2ccccc2)C(=O)/C1=C/c1cn(-c2ccccc2)nc1-c1ccc(OCc2ccccc2)cc1. The minimum Gasteiger partial charge on any atom is -0.489 e. The van der Waals surface area contributed by atoms with Gasteiger partial charge in [-0.25, -0.2) is 4.68 Å². The van der Waals surface area contributed by atoms with E-state index >= 15 is 0 Å². The van der Waals surface area contributed by atoms with Crippen LogP contribution in [0.3, 0.4) is 0 Å². The summed E-state index contributed by atoms with van der Waals surface area (Å²) in [4.78, 5) is 13.4. The van der Waals surface area contributed by atoms with Crippen LogP contribution in [0.1, 0.15) is 18.1 Å². The van der Waals surface area contributed by atoms with Gasteiger partial charge in [0.15, 0.2) is 0 Å². The highest BCUT2D eigenvalue weighted by molar-refractivity contribution is 6.32. The van der Waals surface area contributed by atoms with E-state index in [4.69, 9.17) is 9.84 Å². The number of benzene rings is 4. The van der Waals surface area contributed by atoms with E-state index in [0.717, 1.165) is 39.5 Å². The predicted molar refractivity (Wildman–Crippen MR) is 155 cm³/mol. The predicted octanol–water partition coefficient (Wildman–Crippen LogP) is 6.92. The van der Waals surface area contributed by atoms with E-state index < -0.39 is 0 Å². The molecule has 0 saturated heterocycles. The van der Waals surface area contributed by atoms with E-state index in [1.54, 1.807) is 0 Å². The fraction of sp³-hybridized carbons (Fsp3) is 0.0606. The number of hydrogen-bond acceptors (Lipinski definition) is 4. The Morgan fingerprint density at radius 1 is 0.769 bits per heavy atom. The van der Waals surface area contributed by atoms with Gasteiger partial charge in [-0.2, -0.15) is 15.2 Å². The molecule has 0 spiro atoms. The number of ether oxygens (including phenoxy) is 1. The second kappa shape index (κ2) is 10.6. The van der Waals surface area contributed by atoms with Crippen LogP contribution < -0.4 is 9.75 Å². The highest BCUT2D eigenvalue weighted by atomic mass is 16.5. The summed E-state index contributed by atoms with van der Waals surface area (Å²) >= 11 is 0. The number of hydrazone groups is 1. The number of nitrogens with zero attached hydrogens (tertiary/aromatic N) is 4. The molecule has 1 aliphatic heterocycles. The van der Waals surface area contributed by atoms with Gasteiger partial charge in [-0.1, -0.05) is 66.7 Å². The van der Waals surface area contributed by atoms with Crippen LogP contribution in [0, 0.1) is 0 Å². The zero-order valence-corrected chi connectivity index (χ0v) is 21.4. The molecule has 4 aromatic carbocycles. The quantitative estimate of drug-likeness (QED) is 0.223. The van der Waals surface area contributed by atoms with Gasteiger partial charge in [0.05, 0.1) is 28.4 Å². The Morgan fingerprint density at radius 2 is 1.38 bits per heavy atom. The van der Waals surface area contributed by atoms with Crippen molar-refractivity contribution in [2.45, 2.75) is 13.5 Å². The van der Waals surface area contributed by atoms with E-state index in [1.807, 2.05) is 139 Å². The van der Waals surface area contributed by atoms with E-state index in [0.29, 0.717) is 17.9 Å². The molecular weight excluding hydrogens is 484 g/mol. The number of carbonyl (C=O) groups excluding carboxylic acids is 1. The molecule has 6 heteroatoms. The second-order valence-electron chi connectivity index (χ2n) is 9.21. The van der Waals surface area contributed by atoms with Crippen molar-refractivity contribution in [3.63, 3.8) is 0 Å². The molecule has 0 radical (unpaired) electrons. The van der Waals surface area contributed by atoms with E-state index in [9.17, 15) is 4.79 Å². The van der Waals surface area contributed by atoms with Crippen LogP contribution in [0.2, 0.25) is 0 Å². The van der Waals surface area contributed by atoms with Gasteiger partial charge in [-0.05, 0) is 67.1 Å². The Kier molecular flexibility index (Phi) is 6.58. The molecule has 1 aliphatic rings. The van der Waals surface area contributed by atoms with E-state index in [1.165, 1.54) is 5.01 Å². The van der Waals surface area contributed by atoms with Crippen molar-refractivity contribution in [3.8, 4) is 22.7 Å². The van der Waals surface area contributed by atoms with Gasteiger partial charge in [-0.15, -0.1) is 0 Å². The van der Waals surface area contributed by atoms with Crippen molar-refractivity contribution in [1.29, 1.82) is 0 Å². The van der Waals surface area contributed by atoms with Crippen LogP contribution in [-0.2, 0) is 11.4 Å². The topological polar surface area (TPSA) is 59.7 Å². The first-order chi connectivity index (χ1) is 19.2. The number of amides is 1. The molecule has 1 amide bonds. The molecule has 39 heavy (non-hydrogen) atoms. The van der Waals surface area contributed by atoms with Crippen molar-refractivity contribution in [2.75, 3.05) is 5.01 Å². The van der Waals surface area contributed by atoms with Crippen molar-refractivity contribution in [2.24, 2.45) is 5.10 Å². The fourth-order valence-corrected chi connectivity index (χ4v) is 4.46. The van der Waals surface area contributed by atoms with Crippen LogP contribution >= 0.6 is 0 Å². The molecule has 0 atom stereocenters. The fourth-order valence-electron chi connectivity index (χ4n) is 4.46. The molecule has 5 aromatic rings. The molecule has 6 nitrogen and oxygen atoms in total. The lowest BCUT2D eigenvalue weighted by atomic mass is 10.0. The van der Waals surface area contributed by atoms with Gasteiger partial charge in [0.1, 0.15) is 12.4 Å². The molecule has 0 aliphatic carbocycles. The monoisotopic (exact) mass is 510 g/mol. The highest BCUT2D eigenvalue weighted by Gasteiger charge is 2.29. The molecule has 0 unspecified atom stereocenters. The lowest BCUT2D eigenvalue weighted by Crippen LogP contribution is -2.21. The number of para-hydroxylation sites is 2. The first-order valence-corrected chi connectivity index (χ1v) is 12.7. The van der Waals surface area contributed by atoms with Crippen LogP contribution in [0.4, 0.5) is 5.69 Å². The third kappa shape index (κ3) is 5.13. The van der Waals surface area contributed by atoms with Crippen LogP contribution in [0.5, 0.6) is 5.75 Å². The minimum absolute atomic E-state index is 0.165. The number of anilines is 1. The molecule has 0 N–H and O–H groups in total. The van der Waals surface area contributed by atoms with Gasteiger partial charge in [0.25, 0.3) is 5.91 Å². The molecule has 2 heterocycles. The number of rotatable bonds is 7. The van der Waals surface area contributed by atoms with Crippen molar-refractivity contribution < 1.29 is 9.53 Å². The number of aromatic nitrogens is 2. The summed E-state index contributed by atoms with van der Waals surface area (Å²) in [6.45, 7) is 2.35. The normalized spacial score (nSPS) is 14.1. The molecular formula is C33H26N4O2. The first kappa shape index (κ1) is 24.1. The summed E-state index contributed by atoms with van der Waals surface area (Å²) in [5, 5.41) is 10.9. The Morgan fingerprint density at radius 3 is 2.05 bits per heavy atom. The minimum atomic E-state index is -0.165. The van der Waals surface area contributed by atoms with Crippen molar-refractivity contribution in [1.82, 2.24) is 9.78 Å². The van der Waals surface area contributed by atoms with Crippen molar-refractivity contribution in [3.05, 3.63) is 138 Å². The zero-order chi connectivity index (χ0) is 26.6. The Balaban J connectivity index is 1.33. The molecule has 1 aromatic heterocycles. The van der Waals surface area contributed by atoms with Crippen molar-refractivity contribution >= 4 is 23.4 Å². The van der Waals surface area contributed by atoms with Gasteiger partial charge in [0, 0.05) is 17.3 Å². The third-order valence-corrected chi connectivity index (χ3v) is 6.50. The Labute approximate surface area is 227 Å². The molecule has 0 saturated carbocycles. The highest BCUT2D eigenvalue weighted by Crippen LogP contribution is 2.30. The smallest absolute Gasteiger partial charge is 0.280 e. The summed E-state index contributed by atoms with van der Waals surface area (Å²) in [6, 6.07) is 37.3. The van der Waals surface area contributed by atoms with Gasteiger partial charge in [-0.3, -0.25) is 4.79 Å². The number of hydrogen-bond donors (Lipinski definition) is 0. The second-order valence-corrected chi connectivity index (χ2v) is 9.21. The zero-order valence-electron chi connectivity index (χ0n) is 21.4. The van der Waals surface area contributed by atoms with Gasteiger partial charge in [0.2, 0.25) is 0 Å². The number of carbonyl (C=O) groups is 1. The maximum Gasteiger partial charge on any atom is 0.280 e. The summed E-state index contributed by atoms with van der Waals surface area (Å²) in [5.74, 6) is 0.610. The lowest BCUT2D eigenvalue weighted by molar-refractivity contribution is -0.114. The maximum absolute atomic E-state index is 13.4. The Bertz CT molecular complexity index is 1660. The van der Waals surface area contributed by atoms with Crippen LogP contribution in [-0.4, -0.2) is 21.4 Å². The van der Waals surface area contributed by atoms with E-state index in [-0.39, 0.29) is 5.91 Å².